The van der Waals surface area contributed by atoms with Crippen LogP contribution in [-0.4, -0.2) is 9.97 Å². The normalized spacial score (nSPS) is 17.3. The van der Waals surface area contributed by atoms with Gasteiger partial charge in [-0.15, -0.1) is 0 Å². The van der Waals surface area contributed by atoms with Gasteiger partial charge in [0.1, 0.15) is 0 Å². The van der Waals surface area contributed by atoms with E-state index in [-0.39, 0.29) is 5.41 Å². The Bertz CT molecular complexity index is 1300. The van der Waals surface area contributed by atoms with Gasteiger partial charge >= 0.3 is 0 Å². The fraction of sp³-hybridized carbons (Fsp3) is 0.405. The van der Waals surface area contributed by atoms with Crippen LogP contribution >= 0.6 is 0 Å². The quantitative estimate of drug-likeness (QED) is 0.256. The van der Waals surface area contributed by atoms with E-state index in [1.54, 1.807) is 0 Å². The van der Waals surface area contributed by atoms with E-state index < -0.39 is 0 Å². The topological polar surface area (TPSA) is 25.8 Å². The van der Waals surface area contributed by atoms with Crippen molar-refractivity contribution >= 4 is 0 Å². The van der Waals surface area contributed by atoms with Crippen molar-refractivity contribution in [1.82, 2.24) is 9.97 Å². The molecule has 0 amide bonds. The van der Waals surface area contributed by atoms with E-state index in [0.717, 1.165) is 22.8 Å². The average Bonchev–Trinajstić information content (AvgIpc) is 3.02. The third-order valence-electron chi connectivity index (χ3n) is 9.30. The third-order valence-corrected chi connectivity index (χ3v) is 9.30. The largest absolute Gasteiger partial charge is 0.252 e. The molecule has 4 aromatic rings. The van der Waals surface area contributed by atoms with Crippen molar-refractivity contribution in [1.29, 1.82) is 0 Å². The van der Waals surface area contributed by atoms with Crippen molar-refractivity contribution in [3.8, 4) is 22.5 Å². The lowest BCUT2D eigenvalue weighted by atomic mass is 9.83. The van der Waals surface area contributed by atoms with Crippen molar-refractivity contribution in [2.45, 2.75) is 95.3 Å². The SMILES string of the molecule is CC(C)(c1cccc(-c2cccc(C3CCCCC3)c2)n1)c1cccc(-c2cccc(C3CCCCC3)c2)n1. The van der Waals surface area contributed by atoms with Crippen LogP contribution < -0.4 is 0 Å². The van der Waals surface area contributed by atoms with E-state index in [2.05, 4.69) is 98.8 Å². The summed E-state index contributed by atoms with van der Waals surface area (Å²) in [5.41, 5.74) is 9.30. The Morgan fingerprint density at radius 1 is 0.513 bits per heavy atom. The maximum absolute atomic E-state index is 5.21. The van der Waals surface area contributed by atoms with Gasteiger partial charge in [0.15, 0.2) is 0 Å². The second-order valence-electron chi connectivity index (χ2n) is 12.4. The van der Waals surface area contributed by atoms with Gasteiger partial charge in [-0.2, -0.15) is 0 Å². The van der Waals surface area contributed by atoms with Gasteiger partial charge in [-0.3, -0.25) is 9.97 Å². The van der Waals surface area contributed by atoms with Crippen molar-refractivity contribution in [2.24, 2.45) is 0 Å². The Morgan fingerprint density at radius 2 is 0.923 bits per heavy atom. The fourth-order valence-electron chi connectivity index (χ4n) is 6.79. The van der Waals surface area contributed by atoms with Crippen LogP contribution in [0, 0.1) is 0 Å². The molecule has 2 heteroatoms. The van der Waals surface area contributed by atoms with Crippen LogP contribution in [0.3, 0.4) is 0 Å². The van der Waals surface area contributed by atoms with Gasteiger partial charge in [0, 0.05) is 16.5 Å². The molecular formula is C37H42N2. The molecule has 2 aliphatic rings. The number of hydrogen-bond acceptors (Lipinski definition) is 2. The van der Waals surface area contributed by atoms with Gasteiger partial charge in [-0.1, -0.05) is 87.1 Å². The highest BCUT2D eigenvalue weighted by atomic mass is 14.8. The summed E-state index contributed by atoms with van der Waals surface area (Å²) in [7, 11) is 0. The minimum absolute atomic E-state index is 0.312. The van der Waals surface area contributed by atoms with E-state index in [1.165, 1.54) is 86.5 Å². The van der Waals surface area contributed by atoms with Crippen LogP contribution in [0.5, 0.6) is 0 Å². The predicted molar refractivity (Wildman–Crippen MR) is 163 cm³/mol. The van der Waals surface area contributed by atoms with Crippen LogP contribution in [0.2, 0.25) is 0 Å². The zero-order valence-corrected chi connectivity index (χ0v) is 23.7. The van der Waals surface area contributed by atoms with E-state index in [0.29, 0.717) is 11.8 Å². The van der Waals surface area contributed by atoms with Crippen molar-refractivity contribution < 1.29 is 0 Å². The summed E-state index contributed by atoms with van der Waals surface area (Å²) >= 11 is 0. The molecule has 39 heavy (non-hydrogen) atoms. The summed E-state index contributed by atoms with van der Waals surface area (Å²) in [5, 5.41) is 0. The summed E-state index contributed by atoms with van der Waals surface area (Å²) in [6.45, 7) is 4.50. The molecule has 2 nitrogen and oxygen atoms in total. The molecule has 2 fully saturated rings. The number of hydrogen-bond donors (Lipinski definition) is 0. The Balaban J connectivity index is 1.28. The highest BCUT2D eigenvalue weighted by molar-refractivity contribution is 5.62. The molecule has 0 radical (unpaired) electrons. The average molecular weight is 515 g/mol. The van der Waals surface area contributed by atoms with Crippen LogP contribution in [0.15, 0.2) is 84.9 Å². The maximum atomic E-state index is 5.21. The standard InChI is InChI=1S/C37H42N2/c1-37(2,35-23-11-21-33(38-35)31-19-9-17-29(25-31)27-13-5-3-6-14-27)36-24-12-22-34(39-36)32-20-10-18-30(26-32)28-15-7-4-8-16-28/h9-12,17-28H,3-8,13-16H2,1-2H3. The highest BCUT2D eigenvalue weighted by Gasteiger charge is 2.27. The smallest absolute Gasteiger partial charge is 0.0705 e. The lowest BCUT2D eigenvalue weighted by Crippen LogP contribution is -2.22. The fourth-order valence-corrected chi connectivity index (χ4v) is 6.79. The molecule has 0 bridgehead atoms. The summed E-state index contributed by atoms with van der Waals surface area (Å²) in [6.07, 6.45) is 13.4. The van der Waals surface area contributed by atoms with Crippen molar-refractivity contribution in [3.63, 3.8) is 0 Å². The van der Waals surface area contributed by atoms with Crippen LogP contribution in [-0.2, 0) is 5.41 Å². The molecule has 2 aliphatic carbocycles. The minimum Gasteiger partial charge on any atom is -0.252 e. The molecule has 0 spiro atoms. The molecule has 2 heterocycles. The molecule has 6 rings (SSSR count). The Labute approximate surface area is 235 Å². The molecule has 200 valence electrons. The van der Waals surface area contributed by atoms with Gasteiger partial charge in [-0.05, 0) is 98.9 Å². The second kappa shape index (κ2) is 11.5. The number of aromatic nitrogens is 2. The van der Waals surface area contributed by atoms with Gasteiger partial charge in [0.2, 0.25) is 0 Å². The molecule has 2 aromatic carbocycles. The van der Waals surface area contributed by atoms with Gasteiger partial charge < -0.3 is 0 Å². The first kappa shape index (κ1) is 26.0. The van der Waals surface area contributed by atoms with Crippen LogP contribution in [0.1, 0.15) is 112 Å². The zero-order valence-electron chi connectivity index (χ0n) is 23.7. The number of benzene rings is 2. The van der Waals surface area contributed by atoms with Crippen molar-refractivity contribution in [2.75, 3.05) is 0 Å². The Hall–Kier alpha value is -3.26. The maximum Gasteiger partial charge on any atom is 0.0705 e. The monoisotopic (exact) mass is 514 g/mol. The Morgan fingerprint density at radius 3 is 1.36 bits per heavy atom. The summed E-state index contributed by atoms with van der Waals surface area (Å²) in [6, 6.07) is 31.2. The lowest BCUT2D eigenvalue weighted by Gasteiger charge is -2.25. The molecule has 0 unspecified atom stereocenters. The Kier molecular flexibility index (Phi) is 7.64. The molecule has 0 atom stereocenters. The van der Waals surface area contributed by atoms with Crippen molar-refractivity contribution in [3.05, 3.63) is 107 Å². The summed E-state index contributed by atoms with van der Waals surface area (Å²) in [4.78, 5) is 10.4. The minimum atomic E-state index is -0.312. The zero-order chi connectivity index (χ0) is 26.7. The molecule has 0 N–H and O–H groups in total. The van der Waals surface area contributed by atoms with E-state index in [1.807, 2.05) is 0 Å². The highest BCUT2D eigenvalue weighted by Crippen LogP contribution is 2.37. The number of rotatable bonds is 6. The molecule has 0 aliphatic heterocycles. The number of nitrogens with zero attached hydrogens (tertiary/aromatic N) is 2. The first-order chi connectivity index (χ1) is 19.1. The molecule has 2 aromatic heterocycles. The van der Waals surface area contributed by atoms with Gasteiger partial charge in [0.05, 0.1) is 22.8 Å². The summed E-state index contributed by atoms with van der Waals surface area (Å²) in [5.74, 6) is 1.39. The van der Waals surface area contributed by atoms with E-state index in [4.69, 9.17) is 9.97 Å². The van der Waals surface area contributed by atoms with Gasteiger partial charge in [0.25, 0.3) is 0 Å². The van der Waals surface area contributed by atoms with Crippen LogP contribution in [0.4, 0.5) is 0 Å². The predicted octanol–water partition coefficient (Wildman–Crippen LogP) is 10.2. The first-order valence-electron chi connectivity index (χ1n) is 15.2. The van der Waals surface area contributed by atoms with E-state index in [9.17, 15) is 0 Å². The number of pyridine rings is 2. The van der Waals surface area contributed by atoms with Gasteiger partial charge in [-0.25, -0.2) is 0 Å². The first-order valence-corrected chi connectivity index (χ1v) is 15.2. The summed E-state index contributed by atoms with van der Waals surface area (Å²) < 4.78 is 0. The molecular weight excluding hydrogens is 472 g/mol. The molecule has 0 saturated heterocycles. The lowest BCUT2D eigenvalue weighted by molar-refractivity contribution is 0.443. The second-order valence-corrected chi connectivity index (χ2v) is 12.4. The van der Waals surface area contributed by atoms with E-state index >= 15 is 0 Å². The van der Waals surface area contributed by atoms with Crippen LogP contribution in [0.25, 0.3) is 22.5 Å². The third kappa shape index (κ3) is 5.71. The molecule has 2 saturated carbocycles.